The first kappa shape index (κ1) is 14.2. The summed E-state index contributed by atoms with van der Waals surface area (Å²) >= 11 is 0. The first-order valence-corrected chi connectivity index (χ1v) is 5.83. The van der Waals surface area contributed by atoms with Gasteiger partial charge in [-0.15, -0.1) is 0 Å². The fourth-order valence-electron chi connectivity index (χ4n) is 1.88. The van der Waals surface area contributed by atoms with Crippen molar-refractivity contribution < 1.29 is 18.0 Å². The molecular formula is C12H12F3N3O2. The van der Waals surface area contributed by atoms with Gasteiger partial charge >= 0.3 is 11.9 Å². The molecule has 0 aliphatic heterocycles. The molecule has 0 saturated carbocycles. The van der Waals surface area contributed by atoms with Crippen molar-refractivity contribution in [2.24, 2.45) is 0 Å². The lowest BCUT2D eigenvalue weighted by Crippen LogP contribution is -2.30. The highest BCUT2D eigenvalue weighted by molar-refractivity contribution is 5.78. The predicted octanol–water partition coefficient (Wildman–Crippen LogP) is 1.99. The number of rotatable bonds is 3. The molecule has 3 N–H and O–H groups in total. The molecule has 1 atom stereocenters. The molecule has 1 amide bonds. The first-order chi connectivity index (χ1) is 9.24. The van der Waals surface area contributed by atoms with Gasteiger partial charge in [-0.05, 0) is 24.6 Å². The number of benzene rings is 1. The van der Waals surface area contributed by atoms with Crippen molar-refractivity contribution in [3.05, 3.63) is 34.2 Å². The molecule has 1 heterocycles. The van der Waals surface area contributed by atoms with Crippen molar-refractivity contribution in [2.75, 3.05) is 0 Å². The highest BCUT2D eigenvalue weighted by atomic mass is 19.4. The van der Waals surface area contributed by atoms with Crippen LogP contribution >= 0.6 is 0 Å². The Hall–Kier alpha value is -2.25. The number of nitrogens with one attached hydrogen (secondary N) is 3. The maximum Gasteiger partial charge on any atom is 0.397 e. The average molecular weight is 287 g/mol. The smallest absolute Gasteiger partial charge is 0.349 e. The van der Waals surface area contributed by atoms with Crippen LogP contribution in [-0.4, -0.2) is 22.1 Å². The fourth-order valence-corrected chi connectivity index (χ4v) is 1.88. The van der Waals surface area contributed by atoms with Crippen LogP contribution in [0.15, 0.2) is 23.0 Å². The van der Waals surface area contributed by atoms with Crippen molar-refractivity contribution in [1.82, 2.24) is 15.3 Å². The molecule has 0 unspecified atom stereocenters. The first-order valence-electron chi connectivity index (χ1n) is 5.83. The van der Waals surface area contributed by atoms with E-state index in [0.717, 1.165) is 0 Å². The Morgan fingerprint density at radius 2 is 1.95 bits per heavy atom. The molecule has 2 rings (SSSR count). The van der Waals surface area contributed by atoms with E-state index in [2.05, 4.69) is 15.3 Å². The number of carbonyl (C=O) groups excluding carboxylic acids is 1. The fraction of sp³-hybridized carbons (Fsp3) is 0.333. The van der Waals surface area contributed by atoms with Gasteiger partial charge in [0, 0.05) is 0 Å². The second kappa shape index (κ2) is 5.03. The van der Waals surface area contributed by atoms with E-state index in [4.69, 9.17) is 0 Å². The highest BCUT2D eigenvalue weighted by Crippen LogP contribution is 2.21. The van der Waals surface area contributed by atoms with E-state index < -0.39 is 24.5 Å². The van der Waals surface area contributed by atoms with Gasteiger partial charge in [0.2, 0.25) is 5.91 Å². The largest absolute Gasteiger partial charge is 0.397 e. The van der Waals surface area contributed by atoms with E-state index in [-0.39, 0.29) is 5.69 Å². The zero-order valence-corrected chi connectivity index (χ0v) is 10.5. The molecule has 108 valence electrons. The minimum absolute atomic E-state index is 0.370. The Balaban J connectivity index is 2.12. The third-order valence-electron chi connectivity index (χ3n) is 2.78. The van der Waals surface area contributed by atoms with Crippen molar-refractivity contribution >= 4 is 16.9 Å². The molecule has 0 bridgehead atoms. The number of imidazole rings is 1. The van der Waals surface area contributed by atoms with Gasteiger partial charge in [-0.2, -0.15) is 13.2 Å². The summed E-state index contributed by atoms with van der Waals surface area (Å²) in [7, 11) is 0. The summed E-state index contributed by atoms with van der Waals surface area (Å²) in [6.45, 7) is 1.57. The molecule has 1 aromatic carbocycles. The number of fused-ring (bicyclic) bond motifs is 1. The average Bonchev–Trinajstić information content (AvgIpc) is 2.64. The summed E-state index contributed by atoms with van der Waals surface area (Å²) in [6, 6.07) is 4.26. The molecule has 0 radical (unpaired) electrons. The third kappa shape index (κ3) is 3.40. The monoisotopic (exact) mass is 287 g/mol. The van der Waals surface area contributed by atoms with Gasteiger partial charge in [-0.25, -0.2) is 4.79 Å². The topological polar surface area (TPSA) is 77.8 Å². The number of carbonyl (C=O) groups is 1. The van der Waals surface area contributed by atoms with E-state index >= 15 is 0 Å². The van der Waals surface area contributed by atoms with Crippen LogP contribution in [-0.2, 0) is 4.79 Å². The molecule has 0 aliphatic rings. The molecule has 2 aromatic rings. The summed E-state index contributed by atoms with van der Waals surface area (Å²) in [5.74, 6) is -1.09. The Kier molecular flexibility index (Phi) is 3.56. The molecule has 1 aromatic heterocycles. The van der Waals surface area contributed by atoms with Crippen LogP contribution < -0.4 is 11.0 Å². The number of hydrogen-bond acceptors (Lipinski definition) is 2. The summed E-state index contributed by atoms with van der Waals surface area (Å²) in [6.07, 6.45) is -6.04. The predicted molar refractivity (Wildman–Crippen MR) is 66.1 cm³/mol. The molecule has 0 saturated heterocycles. The number of aromatic nitrogens is 2. The maximum atomic E-state index is 12.1. The Labute approximate surface area is 111 Å². The highest BCUT2D eigenvalue weighted by Gasteiger charge is 2.31. The number of H-pyrrole nitrogens is 2. The minimum atomic E-state index is -4.53. The zero-order valence-electron chi connectivity index (χ0n) is 10.5. The lowest BCUT2D eigenvalue weighted by Gasteiger charge is -2.15. The number of hydrogen-bond donors (Lipinski definition) is 3. The normalized spacial score (nSPS) is 13.4. The van der Waals surface area contributed by atoms with E-state index in [0.29, 0.717) is 16.6 Å². The quantitative estimate of drug-likeness (QED) is 0.807. The molecule has 5 nitrogen and oxygen atoms in total. The van der Waals surface area contributed by atoms with Crippen LogP contribution in [0.3, 0.4) is 0 Å². The van der Waals surface area contributed by atoms with Crippen LogP contribution in [0.4, 0.5) is 13.2 Å². The van der Waals surface area contributed by atoms with Crippen molar-refractivity contribution in [2.45, 2.75) is 25.6 Å². The second-order valence-electron chi connectivity index (χ2n) is 4.47. The standard InChI is InChI=1S/C12H12F3N3O2/c1-6(16-10(19)5-12(13,14)15)7-2-3-8-9(4-7)18-11(20)17-8/h2-4,6H,5H2,1H3,(H,16,19)(H2,17,18,20)/t6-/m1/s1. The van der Waals surface area contributed by atoms with E-state index in [1.807, 2.05) is 0 Å². The van der Waals surface area contributed by atoms with Gasteiger partial charge in [0.05, 0.1) is 17.1 Å². The third-order valence-corrected chi connectivity index (χ3v) is 2.78. The number of amides is 1. The van der Waals surface area contributed by atoms with Crippen molar-refractivity contribution in [3.63, 3.8) is 0 Å². The van der Waals surface area contributed by atoms with Crippen LogP contribution in [0.25, 0.3) is 11.0 Å². The van der Waals surface area contributed by atoms with Crippen molar-refractivity contribution in [3.8, 4) is 0 Å². The Bertz CT molecular complexity index is 687. The van der Waals surface area contributed by atoms with Gasteiger partial charge in [0.25, 0.3) is 0 Å². The Morgan fingerprint density at radius 1 is 1.30 bits per heavy atom. The van der Waals surface area contributed by atoms with Gasteiger partial charge in [-0.1, -0.05) is 6.07 Å². The molecule has 20 heavy (non-hydrogen) atoms. The van der Waals surface area contributed by atoms with Gasteiger partial charge < -0.3 is 15.3 Å². The van der Waals surface area contributed by atoms with Crippen LogP contribution in [0.2, 0.25) is 0 Å². The number of halogens is 3. The number of aromatic amines is 2. The summed E-state index contributed by atoms with van der Waals surface area (Å²) in [5.41, 5.74) is 1.35. The maximum absolute atomic E-state index is 12.1. The SMILES string of the molecule is C[C@@H](NC(=O)CC(F)(F)F)c1ccc2[nH]c(=O)[nH]c2c1. The summed E-state index contributed by atoms with van der Waals surface area (Å²) in [5, 5.41) is 2.26. The molecule has 8 heteroatoms. The second-order valence-corrected chi connectivity index (χ2v) is 4.47. The van der Waals surface area contributed by atoms with E-state index in [9.17, 15) is 22.8 Å². The van der Waals surface area contributed by atoms with E-state index in [1.165, 1.54) is 0 Å². The minimum Gasteiger partial charge on any atom is -0.349 e. The lowest BCUT2D eigenvalue weighted by atomic mass is 10.1. The van der Waals surface area contributed by atoms with Gasteiger partial charge in [-0.3, -0.25) is 4.79 Å². The van der Waals surface area contributed by atoms with E-state index in [1.54, 1.807) is 25.1 Å². The summed E-state index contributed by atoms with van der Waals surface area (Å²) in [4.78, 5) is 27.4. The van der Waals surface area contributed by atoms with Crippen LogP contribution in [0.5, 0.6) is 0 Å². The molecular weight excluding hydrogens is 275 g/mol. The Morgan fingerprint density at radius 3 is 2.60 bits per heavy atom. The van der Waals surface area contributed by atoms with Gasteiger partial charge in [0.1, 0.15) is 6.42 Å². The lowest BCUT2D eigenvalue weighted by molar-refractivity contribution is -0.154. The molecule has 0 fully saturated rings. The molecule has 0 aliphatic carbocycles. The zero-order chi connectivity index (χ0) is 14.9. The van der Waals surface area contributed by atoms with Crippen molar-refractivity contribution in [1.29, 1.82) is 0 Å². The number of alkyl halides is 3. The van der Waals surface area contributed by atoms with Crippen LogP contribution in [0.1, 0.15) is 24.9 Å². The summed E-state index contributed by atoms with van der Waals surface area (Å²) < 4.78 is 36.2. The van der Waals surface area contributed by atoms with Gasteiger partial charge in [0.15, 0.2) is 0 Å². The molecule has 0 spiro atoms. The van der Waals surface area contributed by atoms with Crippen LogP contribution in [0, 0.1) is 0 Å².